The standard InChI is InChI=1S/C66H42N2/c1-3-21-44(22-4-1)65(45-23-5-2-6-24-45)55-30-12-9-26-49(55)51-39-37-47(42-60(51)65)67(61-36-17-20-43-19-7-8-25-48(43)61)46-38-40-57-54(41-46)50-27-10-13-31-56(50)66(57)58-32-14-16-35-63(58)68-62-34-15-11-28-52(62)53-29-18-33-59(66)64(53)68/h1-42H. The van der Waals surface area contributed by atoms with Crippen LogP contribution in [0.5, 0.6) is 0 Å². The number of hydrogen-bond donors (Lipinski definition) is 0. The second-order valence-corrected chi connectivity index (χ2v) is 18.7. The first-order chi connectivity index (χ1) is 33.8. The molecular formula is C66H42N2. The minimum absolute atomic E-state index is 0.528. The van der Waals surface area contributed by atoms with Gasteiger partial charge in [0, 0.05) is 27.5 Å². The van der Waals surface area contributed by atoms with Crippen molar-refractivity contribution in [2.75, 3.05) is 4.90 Å². The van der Waals surface area contributed by atoms with Gasteiger partial charge in [0.1, 0.15) is 0 Å². The van der Waals surface area contributed by atoms with Crippen molar-refractivity contribution in [1.82, 2.24) is 4.57 Å². The van der Waals surface area contributed by atoms with Crippen LogP contribution in [0.2, 0.25) is 0 Å². The van der Waals surface area contributed by atoms with Crippen LogP contribution in [0.3, 0.4) is 0 Å². The van der Waals surface area contributed by atoms with E-state index in [4.69, 9.17) is 0 Å². The second-order valence-electron chi connectivity index (χ2n) is 18.7. The normalized spacial score (nSPS) is 15.5. The summed E-state index contributed by atoms with van der Waals surface area (Å²) in [6.07, 6.45) is 0. The molecule has 1 unspecified atom stereocenters. The topological polar surface area (TPSA) is 8.17 Å². The zero-order valence-corrected chi connectivity index (χ0v) is 37.1. The molecule has 11 aromatic carbocycles. The Morgan fingerprint density at radius 1 is 0.309 bits per heavy atom. The van der Waals surface area contributed by atoms with Gasteiger partial charge in [-0.3, -0.25) is 0 Å². The van der Waals surface area contributed by atoms with E-state index >= 15 is 0 Å². The summed E-state index contributed by atoms with van der Waals surface area (Å²) in [4.78, 5) is 2.52. The summed E-state index contributed by atoms with van der Waals surface area (Å²) in [6, 6.07) is 95.6. The van der Waals surface area contributed by atoms with Crippen molar-refractivity contribution in [2.45, 2.75) is 10.8 Å². The van der Waals surface area contributed by atoms with Crippen LogP contribution in [0.25, 0.3) is 60.5 Å². The number of para-hydroxylation sites is 3. The molecule has 2 heterocycles. The molecule has 12 aromatic rings. The van der Waals surface area contributed by atoms with Gasteiger partial charge < -0.3 is 9.47 Å². The number of anilines is 3. The number of nitrogens with zero attached hydrogens (tertiary/aromatic N) is 2. The second kappa shape index (κ2) is 13.9. The van der Waals surface area contributed by atoms with Crippen LogP contribution in [-0.2, 0) is 10.8 Å². The summed E-state index contributed by atoms with van der Waals surface area (Å²) in [5, 5.41) is 4.98. The van der Waals surface area contributed by atoms with Crippen LogP contribution in [-0.4, -0.2) is 4.57 Å². The number of hydrogen-bond acceptors (Lipinski definition) is 1. The van der Waals surface area contributed by atoms with Crippen molar-refractivity contribution in [3.63, 3.8) is 0 Å². The van der Waals surface area contributed by atoms with E-state index in [1.807, 2.05) is 0 Å². The fourth-order valence-corrected chi connectivity index (χ4v) is 13.1. The molecule has 0 bridgehead atoms. The molecule has 0 saturated heterocycles. The smallest absolute Gasteiger partial charge is 0.0754 e. The van der Waals surface area contributed by atoms with Gasteiger partial charge in [-0.2, -0.15) is 0 Å². The van der Waals surface area contributed by atoms with E-state index in [0.29, 0.717) is 0 Å². The molecule has 0 fully saturated rings. The molecule has 316 valence electrons. The van der Waals surface area contributed by atoms with Crippen LogP contribution in [0, 0.1) is 0 Å². The van der Waals surface area contributed by atoms with Crippen molar-refractivity contribution >= 4 is 49.6 Å². The Balaban J connectivity index is 1.02. The number of rotatable bonds is 5. The predicted molar refractivity (Wildman–Crippen MR) is 281 cm³/mol. The van der Waals surface area contributed by atoms with E-state index in [1.165, 1.54) is 105 Å². The van der Waals surface area contributed by atoms with Gasteiger partial charge in [-0.25, -0.2) is 0 Å². The molecule has 0 saturated carbocycles. The fourth-order valence-electron chi connectivity index (χ4n) is 13.1. The van der Waals surface area contributed by atoms with Crippen molar-refractivity contribution in [3.05, 3.63) is 299 Å². The lowest BCUT2D eigenvalue weighted by molar-refractivity contribution is 0.748. The highest BCUT2D eigenvalue weighted by Gasteiger charge is 2.51. The first-order valence-corrected chi connectivity index (χ1v) is 23.8. The van der Waals surface area contributed by atoms with Crippen molar-refractivity contribution in [2.24, 2.45) is 0 Å². The SMILES string of the molecule is c1ccc(C2(c3ccccc3)c3ccccc3-c3ccc(N(c4ccc5c(c4)-c4ccccc4C54c5ccccc5-n5c6ccccc6c6cccc4c65)c4cccc5ccccc45)cc32)cc1. The Morgan fingerprint density at radius 3 is 1.63 bits per heavy atom. The zero-order valence-electron chi connectivity index (χ0n) is 37.1. The molecule has 1 aliphatic heterocycles. The third-order valence-corrected chi connectivity index (χ3v) is 15.6. The van der Waals surface area contributed by atoms with E-state index in [9.17, 15) is 0 Å². The van der Waals surface area contributed by atoms with Crippen LogP contribution in [0.1, 0.15) is 44.5 Å². The van der Waals surface area contributed by atoms with Crippen molar-refractivity contribution in [3.8, 4) is 27.9 Å². The first kappa shape index (κ1) is 37.5. The highest BCUT2D eigenvalue weighted by atomic mass is 15.1. The largest absolute Gasteiger partial charge is 0.310 e. The molecule has 1 atom stereocenters. The summed E-state index contributed by atoms with van der Waals surface area (Å²) >= 11 is 0. The molecule has 1 spiro atoms. The van der Waals surface area contributed by atoms with E-state index in [2.05, 4.69) is 264 Å². The Morgan fingerprint density at radius 2 is 0.838 bits per heavy atom. The van der Waals surface area contributed by atoms with Gasteiger partial charge >= 0.3 is 0 Å². The quantitative estimate of drug-likeness (QED) is 0.167. The molecule has 0 N–H and O–H groups in total. The van der Waals surface area contributed by atoms with Gasteiger partial charge in [-0.05, 0) is 115 Å². The molecular weight excluding hydrogens is 821 g/mol. The van der Waals surface area contributed by atoms with Crippen LogP contribution >= 0.6 is 0 Å². The zero-order chi connectivity index (χ0) is 44.6. The highest BCUT2D eigenvalue weighted by molar-refractivity contribution is 6.13. The summed E-state index contributed by atoms with van der Waals surface area (Å²) < 4.78 is 2.52. The predicted octanol–water partition coefficient (Wildman–Crippen LogP) is 16.4. The average Bonchev–Trinajstić information content (AvgIpc) is 4.02. The average molecular weight is 863 g/mol. The lowest BCUT2D eigenvalue weighted by atomic mass is 9.65. The number of aromatic nitrogens is 1. The minimum atomic E-state index is -0.532. The molecule has 0 amide bonds. The van der Waals surface area contributed by atoms with Gasteiger partial charge in [-0.15, -0.1) is 0 Å². The maximum Gasteiger partial charge on any atom is 0.0754 e. The molecule has 2 aliphatic carbocycles. The van der Waals surface area contributed by atoms with Crippen LogP contribution in [0.15, 0.2) is 255 Å². The minimum Gasteiger partial charge on any atom is -0.310 e. The molecule has 15 rings (SSSR count). The summed E-state index contributed by atoms with van der Waals surface area (Å²) in [6.45, 7) is 0. The summed E-state index contributed by atoms with van der Waals surface area (Å²) in [7, 11) is 0. The molecule has 0 radical (unpaired) electrons. The van der Waals surface area contributed by atoms with Gasteiger partial charge in [-0.1, -0.05) is 212 Å². The van der Waals surface area contributed by atoms with Crippen molar-refractivity contribution in [1.29, 1.82) is 0 Å². The summed E-state index contributed by atoms with van der Waals surface area (Å²) in [5.74, 6) is 0. The molecule has 2 nitrogen and oxygen atoms in total. The van der Waals surface area contributed by atoms with Crippen LogP contribution < -0.4 is 4.90 Å². The Labute approximate surface area is 395 Å². The van der Waals surface area contributed by atoms with E-state index in [0.717, 1.165) is 17.1 Å². The third-order valence-electron chi connectivity index (χ3n) is 15.6. The van der Waals surface area contributed by atoms with Gasteiger partial charge in [0.15, 0.2) is 0 Å². The van der Waals surface area contributed by atoms with E-state index in [1.54, 1.807) is 0 Å². The Kier molecular flexibility index (Phi) is 7.67. The van der Waals surface area contributed by atoms with Gasteiger partial charge in [0.25, 0.3) is 0 Å². The Bertz CT molecular complexity index is 4000. The van der Waals surface area contributed by atoms with Gasteiger partial charge in [0.05, 0.1) is 33.2 Å². The Hall–Kier alpha value is -8.72. The van der Waals surface area contributed by atoms with E-state index in [-0.39, 0.29) is 0 Å². The van der Waals surface area contributed by atoms with Gasteiger partial charge in [0.2, 0.25) is 0 Å². The maximum atomic E-state index is 2.52. The van der Waals surface area contributed by atoms with E-state index < -0.39 is 10.8 Å². The highest BCUT2D eigenvalue weighted by Crippen LogP contribution is 2.62. The molecule has 3 aliphatic rings. The lowest BCUT2D eigenvalue weighted by Gasteiger charge is -2.39. The molecule has 1 aromatic heterocycles. The fraction of sp³-hybridized carbons (Fsp3) is 0.0303. The lowest BCUT2D eigenvalue weighted by Crippen LogP contribution is -2.33. The maximum absolute atomic E-state index is 2.52. The first-order valence-electron chi connectivity index (χ1n) is 23.8. The molecule has 68 heavy (non-hydrogen) atoms. The molecule has 2 heteroatoms. The third kappa shape index (κ3) is 4.71. The monoisotopic (exact) mass is 862 g/mol. The van der Waals surface area contributed by atoms with Crippen LogP contribution in [0.4, 0.5) is 17.1 Å². The van der Waals surface area contributed by atoms with Crippen molar-refractivity contribution < 1.29 is 0 Å². The summed E-state index contributed by atoms with van der Waals surface area (Å²) in [5.41, 5.74) is 21.5. The number of fused-ring (bicyclic) bond motifs is 16. The number of benzene rings is 11.